The van der Waals surface area contributed by atoms with E-state index in [9.17, 15) is 4.79 Å². The summed E-state index contributed by atoms with van der Waals surface area (Å²) >= 11 is 0. The van der Waals surface area contributed by atoms with Gasteiger partial charge in [-0.1, -0.05) is 5.16 Å². The monoisotopic (exact) mass is 195 g/mol. The Morgan fingerprint density at radius 1 is 1.64 bits per heavy atom. The average Bonchev–Trinajstić information content (AvgIpc) is 2.71. The molecule has 1 aliphatic heterocycles. The molecule has 0 bridgehead atoms. The van der Waals surface area contributed by atoms with Crippen molar-refractivity contribution in [3.05, 3.63) is 11.7 Å². The molecular weight excluding hydrogens is 182 g/mol. The van der Waals surface area contributed by atoms with E-state index in [1.54, 1.807) is 0 Å². The molecule has 1 saturated heterocycles. The number of aromatic nitrogens is 2. The van der Waals surface area contributed by atoms with Crippen LogP contribution in [0.1, 0.15) is 42.3 Å². The quantitative estimate of drug-likeness (QED) is 0.660. The van der Waals surface area contributed by atoms with Gasteiger partial charge in [-0.2, -0.15) is 4.98 Å². The largest absolute Gasteiger partial charge is 0.337 e. The number of likely N-dealkylation sites (tertiary alicyclic amines) is 1. The lowest BCUT2D eigenvalue weighted by atomic mass is 10.2. The lowest BCUT2D eigenvalue weighted by molar-refractivity contribution is 0.100. The van der Waals surface area contributed by atoms with Gasteiger partial charge in [-0.3, -0.25) is 9.69 Å². The summed E-state index contributed by atoms with van der Waals surface area (Å²) in [4.78, 5) is 17.2. The van der Waals surface area contributed by atoms with Gasteiger partial charge in [0.2, 0.25) is 17.5 Å². The minimum atomic E-state index is -0.152. The van der Waals surface area contributed by atoms with Crippen molar-refractivity contribution in [1.29, 1.82) is 0 Å². The van der Waals surface area contributed by atoms with Crippen LogP contribution in [0.15, 0.2) is 4.52 Å². The predicted molar refractivity (Wildman–Crippen MR) is 48.9 cm³/mol. The van der Waals surface area contributed by atoms with Crippen molar-refractivity contribution in [1.82, 2.24) is 15.0 Å². The van der Waals surface area contributed by atoms with Gasteiger partial charge in [-0.15, -0.1) is 0 Å². The first-order chi connectivity index (χ1) is 6.68. The highest BCUT2D eigenvalue weighted by molar-refractivity contribution is 5.89. The first kappa shape index (κ1) is 9.33. The van der Waals surface area contributed by atoms with Crippen LogP contribution in [0.4, 0.5) is 0 Å². The molecule has 1 atom stereocenters. The molecule has 2 heterocycles. The molecule has 0 amide bonds. The SMILES string of the molecule is CC(=O)c1noc(C2CCCN2C)n1. The highest BCUT2D eigenvalue weighted by Crippen LogP contribution is 2.28. The van der Waals surface area contributed by atoms with Crippen LogP contribution in [-0.4, -0.2) is 34.4 Å². The molecule has 2 rings (SSSR count). The van der Waals surface area contributed by atoms with Crippen molar-refractivity contribution in [3.63, 3.8) is 0 Å². The summed E-state index contributed by atoms with van der Waals surface area (Å²) < 4.78 is 5.06. The van der Waals surface area contributed by atoms with E-state index in [-0.39, 0.29) is 17.6 Å². The van der Waals surface area contributed by atoms with Gasteiger partial charge in [0.25, 0.3) is 0 Å². The molecule has 5 nitrogen and oxygen atoms in total. The number of Topliss-reactive ketones (excluding diaryl/α,β-unsaturated/α-hetero) is 1. The van der Waals surface area contributed by atoms with Gasteiger partial charge in [-0.25, -0.2) is 0 Å². The van der Waals surface area contributed by atoms with Gasteiger partial charge >= 0.3 is 0 Å². The molecule has 0 aliphatic carbocycles. The summed E-state index contributed by atoms with van der Waals surface area (Å²) in [7, 11) is 2.02. The molecule has 14 heavy (non-hydrogen) atoms. The molecule has 0 N–H and O–H groups in total. The Labute approximate surface area is 82.1 Å². The van der Waals surface area contributed by atoms with Crippen LogP contribution in [0.2, 0.25) is 0 Å². The van der Waals surface area contributed by atoms with Gasteiger partial charge in [0.05, 0.1) is 6.04 Å². The van der Waals surface area contributed by atoms with Crippen LogP contribution in [0.25, 0.3) is 0 Å². The Bertz CT molecular complexity index is 348. The van der Waals surface area contributed by atoms with E-state index in [2.05, 4.69) is 15.0 Å². The molecule has 1 fully saturated rings. The molecule has 0 aromatic carbocycles. The number of hydrogen-bond donors (Lipinski definition) is 0. The highest BCUT2D eigenvalue weighted by atomic mass is 16.5. The summed E-state index contributed by atoms with van der Waals surface area (Å²) in [5.74, 6) is 0.594. The van der Waals surface area contributed by atoms with Crippen LogP contribution in [0, 0.1) is 0 Å². The molecule has 76 valence electrons. The summed E-state index contributed by atoms with van der Waals surface area (Å²) in [6, 6.07) is 0.190. The number of nitrogens with zero attached hydrogens (tertiary/aromatic N) is 3. The predicted octanol–water partition coefficient (Wildman–Crippen LogP) is 1.04. The zero-order chi connectivity index (χ0) is 10.1. The topological polar surface area (TPSA) is 59.2 Å². The van der Waals surface area contributed by atoms with E-state index in [0.717, 1.165) is 19.4 Å². The van der Waals surface area contributed by atoms with Crippen molar-refractivity contribution in [2.24, 2.45) is 0 Å². The normalized spacial score (nSPS) is 22.9. The third-order valence-electron chi connectivity index (χ3n) is 2.56. The number of carbonyl (C=O) groups excluding carboxylic acids is 1. The van der Waals surface area contributed by atoms with Crippen molar-refractivity contribution in [3.8, 4) is 0 Å². The zero-order valence-electron chi connectivity index (χ0n) is 8.36. The van der Waals surface area contributed by atoms with Crippen LogP contribution < -0.4 is 0 Å². The zero-order valence-corrected chi connectivity index (χ0v) is 8.36. The minimum absolute atomic E-state index is 0.152. The van der Waals surface area contributed by atoms with Crippen molar-refractivity contribution in [2.75, 3.05) is 13.6 Å². The van der Waals surface area contributed by atoms with Crippen LogP contribution in [-0.2, 0) is 0 Å². The number of rotatable bonds is 2. The Morgan fingerprint density at radius 2 is 2.43 bits per heavy atom. The Balaban J connectivity index is 2.20. The highest BCUT2D eigenvalue weighted by Gasteiger charge is 2.28. The fourth-order valence-corrected chi connectivity index (χ4v) is 1.74. The molecule has 1 unspecified atom stereocenters. The Kier molecular flexibility index (Phi) is 2.33. The van der Waals surface area contributed by atoms with Gasteiger partial charge < -0.3 is 4.52 Å². The Morgan fingerprint density at radius 3 is 2.93 bits per heavy atom. The van der Waals surface area contributed by atoms with E-state index >= 15 is 0 Å². The Hall–Kier alpha value is -1.23. The van der Waals surface area contributed by atoms with E-state index in [1.165, 1.54) is 6.92 Å². The molecule has 1 aliphatic rings. The molecule has 1 aromatic rings. The smallest absolute Gasteiger partial charge is 0.244 e. The first-order valence-corrected chi connectivity index (χ1v) is 4.73. The molecule has 5 heteroatoms. The van der Waals surface area contributed by atoms with Gasteiger partial charge in [0.15, 0.2) is 0 Å². The maximum atomic E-state index is 11.0. The second-order valence-corrected chi connectivity index (χ2v) is 3.65. The van der Waals surface area contributed by atoms with E-state index in [1.807, 2.05) is 7.05 Å². The molecule has 0 spiro atoms. The van der Waals surface area contributed by atoms with E-state index in [4.69, 9.17) is 4.52 Å². The van der Waals surface area contributed by atoms with Crippen molar-refractivity contribution in [2.45, 2.75) is 25.8 Å². The number of carbonyl (C=O) groups is 1. The summed E-state index contributed by atoms with van der Waals surface area (Å²) in [5, 5.41) is 3.63. The molecule has 1 aromatic heterocycles. The second-order valence-electron chi connectivity index (χ2n) is 3.65. The lowest BCUT2D eigenvalue weighted by Crippen LogP contribution is -2.17. The van der Waals surface area contributed by atoms with Gasteiger partial charge in [0, 0.05) is 6.92 Å². The summed E-state index contributed by atoms with van der Waals surface area (Å²) in [5.41, 5.74) is 0. The maximum Gasteiger partial charge on any atom is 0.244 e. The number of hydrogen-bond acceptors (Lipinski definition) is 5. The van der Waals surface area contributed by atoms with E-state index < -0.39 is 0 Å². The minimum Gasteiger partial charge on any atom is -0.337 e. The summed E-state index contributed by atoms with van der Waals surface area (Å²) in [6.07, 6.45) is 2.16. The van der Waals surface area contributed by atoms with Gasteiger partial charge in [-0.05, 0) is 26.4 Å². The number of ketones is 1. The second kappa shape index (κ2) is 3.49. The van der Waals surface area contributed by atoms with Crippen molar-refractivity contribution < 1.29 is 9.32 Å². The van der Waals surface area contributed by atoms with E-state index in [0.29, 0.717) is 5.89 Å². The van der Waals surface area contributed by atoms with Crippen LogP contribution >= 0.6 is 0 Å². The van der Waals surface area contributed by atoms with Crippen LogP contribution in [0.5, 0.6) is 0 Å². The van der Waals surface area contributed by atoms with Crippen molar-refractivity contribution >= 4 is 5.78 Å². The molecule has 0 saturated carbocycles. The van der Waals surface area contributed by atoms with Gasteiger partial charge in [0.1, 0.15) is 0 Å². The fourth-order valence-electron chi connectivity index (χ4n) is 1.74. The standard InChI is InChI=1S/C9H13N3O2/c1-6(13)8-10-9(14-11-8)7-4-3-5-12(7)2/h7H,3-5H2,1-2H3. The molecular formula is C9H13N3O2. The maximum absolute atomic E-state index is 11.0. The fraction of sp³-hybridized carbons (Fsp3) is 0.667. The summed E-state index contributed by atoms with van der Waals surface area (Å²) in [6.45, 7) is 2.48. The third-order valence-corrected chi connectivity index (χ3v) is 2.56. The lowest BCUT2D eigenvalue weighted by Gasteiger charge is -2.14. The first-order valence-electron chi connectivity index (χ1n) is 4.73. The third kappa shape index (κ3) is 1.55. The average molecular weight is 195 g/mol. The van der Waals surface area contributed by atoms with Crippen LogP contribution in [0.3, 0.4) is 0 Å². The molecule has 0 radical (unpaired) electrons.